The molecule has 3 aromatic rings. The van der Waals surface area contributed by atoms with Crippen LogP contribution in [0.25, 0.3) is 11.1 Å². The van der Waals surface area contributed by atoms with Gasteiger partial charge in [-0.1, -0.05) is 18.2 Å². The Morgan fingerprint density at radius 1 is 1.10 bits per heavy atom. The van der Waals surface area contributed by atoms with Crippen LogP contribution in [0.1, 0.15) is 29.2 Å². The van der Waals surface area contributed by atoms with E-state index in [1.165, 1.54) is 5.56 Å². The Kier molecular flexibility index (Phi) is 4.49. The second-order valence-corrected chi connectivity index (χ2v) is 8.13. The Morgan fingerprint density at radius 2 is 2.03 bits per heavy atom. The minimum atomic E-state index is 0.0976. The topological polar surface area (TPSA) is 61.9 Å². The van der Waals surface area contributed by atoms with Gasteiger partial charge in [0, 0.05) is 61.3 Å². The third kappa shape index (κ3) is 3.37. The van der Waals surface area contributed by atoms with E-state index in [0.29, 0.717) is 17.4 Å². The number of likely N-dealkylation sites (tertiary alicyclic amines) is 1. The van der Waals surface area contributed by atoms with Crippen LogP contribution in [0.3, 0.4) is 0 Å². The van der Waals surface area contributed by atoms with Crippen molar-refractivity contribution in [1.29, 1.82) is 5.26 Å². The molecule has 2 bridgehead atoms. The van der Waals surface area contributed by atoms with Crippen molar-refractivity contribution in [2.24, 2.45) is 5.92 Å². The van der Waals surface area contributed by atoms with Gasteiger partial charge in [-0.05, 0) is 48.2 Å². The molecule has 4 heterocycles. The highest BCUT2D eigenvalue weighted by Crippen LogP contribution is 2.36. The van der Waals surface area contributed by atoms with Gasteiger partial charge in [0.25, 0.3) is 5.56 Å². The first-order valence-electron chi connectivity index (χ1n) is 10.1. The molecule has 5 heteroatoms. The van der Waals surface area contributed by atoms with Gasteiger partial charge in [0.15, 0.2) is 0 Å². The molecule has 2 atom stereocenters. The average molecular weight is 382 g/mol. The maximum absolute atomic E-state index is 13.2. The Morgan fingerprint density at radius 3 is 2.86 bits per heavy atom. The number of pyridine rings is 2. The van der Waals surface area contributed by atoms with Gasteiger partial charge >= 0.3 is 0 Å². The first-order chi connectivity index (χ1) is 14.2. The van der Waals surface area contributed by atoms with Gasteiger partial charge in [0.2, 0.25) is 0 Å². The summed E-state index contributed by atoms with van der Waals surface area (Å²) in [7, 11) is 0. The number of nitrogens with zero attached hydrogens (tertiary/aromatic N) is 4. The standard InChI is InChI=1S/C24H22N4O/c25-11-17-3-1-4-18(9-17)13-27-14-19-10-21(16-27)23-7-6-22(24(29)28(23)15-19)20-5-2-8-26-12-20/h1-9,12,19,21H,10,13-16H2. The van der Waals surface area contributed by atoms with E-state index in [1.54, 1.807) is 12.4 Å². The first kappa shape index (κ1) is 17.8. The van der Waals surface area contributed by atoms with Crippen LogP contribution in [0.15, 0.2) is 65.7 Å². The molecule has 0 spiro atoms. The highest BCUT2D eigenvalue weighted by molar-refractivity contribution is 5.61. The van der Waals surface area contributed by atoms with Gasteiger partial charge < -0.3 is 4.57 Å². The lowest BCUT2D eigenvalue weighted by Gasteiger charge is -2.43. The second-order valence-electron chi connectivity index (χ2n) is 8.13. The van der Waals surface area contributed by atoms with Gasteiger partial charge in [-0.25, -0.2) is 0 Å². The Balaban J connectivity index is 1.42. The normalized spacial score (nSPS) is 20.7. The van der Waals surface area contributed by atoms with Crippen LogP contribution in [0, 0.1) is 17.2 Å². The summed E-state index contributed by atoms with van der Waals surface area (Å²) in [5.41, 5.74) is 4.73. The lowest BCUT2D eigenvalue weighted by atomic mass is 9.82. The maximum Gasteiger partial charge on any atom is 0.258 e. The summed E-state index contributed by atoms with van der Waals surface area (Å²) in [6.07, 6.45) is 4.62. The lowest BCUT2D eigenvalue weighted by Crippen LogP contribution is -2.46. The predicted molar refractivity (Wildman–Crippen MR) is 111 cm³/mol. The number of benzene rings is 1. The average Bonchev–Trinajstić information content (AvgIpc) is 2.75. The number of hydrogen-bond donors (Lipinski definition) is 0. The first-order valence-corrected chi connectivity index (χ1v) is 10.1. The molecule has 5 nitrogen and oxygen atoms in total. The molecule has 0 amide bonds. The summed E-state index contributed by atoms with van der Waals surface area (Å²) < 4.78 is 1.99. The number of rotatable bonds is 3. The van der Waals surface area contributed by atoms with Crippen LogP contribution in [0.4, 0.5) is 0 Å². The van der Waals surface area contributed by atoms with Crippen molar-refractivity contribution >= 4 is 0 Å². The van der Waals surface area contributed by atoms with Crippen LogP contribution >= 0.6 is 0 Å². The highest BCUT2D eigenvalue weighted by Gasteiger charge is 2.35. The molecule has 0 N–H and O–H groups in total. The van der Waals surface area contributed by atoms with Crippen molar-refractivity contribution in [3.05, 3.63) is 88.1 Å². The van der Waals surface area contributed by atoms with Crippen molar-refractivity contribution in [2.75, 3.05) is 13.1 Å². The Labute approximate surface area is 169 Å². The Bertz CT molecular complexity index is 1150. The van der Waals surface area contributed by atoms with Gasteiger partial charge in [0.05, 0.1) is 11.6 Å². The molecule has 1 fully saturated rings. The molecule has 0 aliphatic carbocycles. The fourth-order valence-electron chi connectivity index (χ4n) is 4.91. The third-order valence-corrected chi connectivity index (χ3v) is 6.11. The summed E-state index contributed by atoms with van der Waals surface area (Å²) in [5, 5.41) is 9.14. The van der Waals surface area contributed by atoms with Crippen LogP contribution in [0.5, 0.6) is 0 Å². The predicted octanol–water partition coefficient (Wildman–Crippen LogP) is 3.40. The van der Waals surface area contributed by atoms with Crippen LogP contribution in [-0.2, 0) is 13.1 Å². The van der Waals surface area contributed by atoms with Gasteiger partial charge in [-0.2, -0.15) is 5.26 Å². The molecular weight excluding hydrogens is 360 g/mol. The van der Waals surface area contributed by atoms with E-state index in [2.05, 4.69) is 28.1 Å². The molecule has 5 rings (SSSR count). The molecule has 2 aliphatic heterocycles. The summed E-state index contributed by atoms with van der Waals surface area (Å²) in [4.78, 5) is 19.8. The largest absolute Gasteiger partial charge is 0.311 e. The van der Waals surface area contributed by atoms with Gasteiger partial charge in [-0.3, -0.25) is 14.7 Å². The molecule has 2 unspecified atom stereocenters. The van der Waals surface area contributed by atoms with Crippen molar-refractivity contribution < 1.29 is 0 Å². The molecule has 0 radical (unpaired) electrons. The van der Waals surface area contributed by atoms with Crippen molar-refractivity contribution in [3.8, 4) is 17.2 Å². The minimum absolute atomic E-state index is 0.0976. The smallest absolute Gasteiger partial charge is 0.258 e. The highest BCUT2D eigenvalue weighted by atomic mass is 16.1. The van der Waals surface area contributed by atoms with Crippen LogP contribution in [0.2, 0.25) is 0 Å². The Hall–Kier alpha value is -3.23. The summed E-state index contributed by atoms with van der Waals surface area (Å²) in [5.74, 6) is 0.847. The van der Waals surface area contributed by atoms with Crippen molar-refractivity contribution in [3.63, 3.8) is 0 Å². The van der Waals surface area contributed by atoms with Crippen LogP contribution < -0.4 is 5.56 Å². The number of hydrogen-bond acceptors (Lipinski definition) is 4. The minimum Gasteiger partial charge on any atom is -0.311 e. The van der Waals surface area contributed by atoms with E-state index in [1.807, 2.05) is 41.0 Å². The zero-order valence-electron chi connectivity index (χ0n) is 16.2. The molecule has 2 aromatic heterocycles. The lowest BCUT2D eigenvalue weighted by molar-refractivity contribution is 0.114. The summed E-state index contributed by atoms with van der Waals surface area (Å²) in [6, 6.07) is 18.0. The third-order valence-electron chi connectivity index (χ3n) is 6.11. The fourth-order valence-corrected chi connectivity index (χ4v) is 4.91. The maximum atomic E-state index is 13.2. The fraction of sp³-hybridized carbons (Fsp3) is 0.292. The molecular formula is C24H22N4O. The monoisotopic (exact) mass is 382 g/mol. The number of piperidine rings is 1. The van der Waals surface area contributed by atoms with E-state index < -0.39 is 0 Å². The van der Waals surface area contributed by atoms with Crippen molar-refractivity contribution in [1.82, 2.24) is 14.5 Å². The molecule has 29 heavy (non-hydrogen) atoms. The van der Waals surface area contributed by atoms with Crippen LogP contribution in [-0.4, -0.2) is 27.5 Å². The van der Waals surface area contributed by atoms with E-state index >= 15 is 0 Å². The molecule has 1 saturated heterocycles. The van der Waals surface area contributed by atoms with E-state index in [4.69, 9.17) is 5.26 Å². The van der Waals surface area contributed by atoms with Gasteiger partial charge in [0.1, 0.15) is 0 Å². The number of nitriles is 1. The molecule has 2 aliphatic rings. The van der Waals surface area contributed by atoms with Gasteiger partial charge in [-0.15, -0.1) is 0 Å². The van der Waals surface area contributed by atoms with Crippen molar-refractivity contribution in [2.45, 2.75) is 25.4 Å². The zero-order chi connectivity index (χ0) is 19.8. The zero-order valence-corrected chi connectivity index (χ0v) is 16.2. The second kappa shape index (κ2) is 7.31. The molecule has 0 saturated carbocycles. The number of aromatic nitrogens is 2. The molecule has 144 valence electrons. The number of fused-ring (bicyclic) bond motifs is 4. The van der Waals surface area contributed by atoms with E-state index in [9.17, 15) is 4.79 Å². The SMILES string of the molecule is N#Cc1cccc(CN2CC3CC(C2)c2ccc(-c4cccnc4)c(=O)n2C3)c1. The van der Waals surface area contributed by atoms with E-state index in [-0.39, 0.29) is 5.56 Å². The summed E-state index contributed by atoms with van der Waals surface area (Å²) >= 11 is 0. The van der Waals surface area contributed by atoms with E-state index in [0.717, 1.165) is 49.4 Å². The summed E-state index contributed by atoms with van der Waals surface area (Å²) in [6.45, 7) is 3.54. The molecule has 1 aromatic carbocycles. The quantitative estimate of drug-likeness (QED) is 0.697.